The maximum atomic E-state index is 5.91. The minimum absolute atomic E-state index is 0.506. The summed E-state index contributed by atoms with van der Waals surface area (Å²) in [6.07, 6.45) is 2.48. The zero-order chi connectivity index (χ0) is 18.5. The molecule has 1 heterocycles. The molecule has 26 heavy (non-hydrogen) atoms. The van der Waals surface area contributed by atoms with Gasteiger partial charge in [0.1, 0.15) is 0 Å². The van der Waals surface area contributed by atoms with Crippen LogP contribution in [0.25, 0.3) is 0 Å². The number of halogens is 1. The lowest BCUT2D eigenvalue weighted by Gasteiger charge is -2.13. The van der Waals surface area contributed by atoms with Gasteiger partial charge in [0.15, 0.2) is 5.82 Å². The van der Waals surface area contributed by atoms with Crippen LogP contribution in [0.2, 0.25) is 5.02 Å². The Bertz CT molecular complexity index is 870. The van der Waals surface area contributed by atoms with Crippen molar-refractivity contribution in [3.8, 4) is 0 Å². The van der Waals surface area contributed by atoms with Crippen LogP contribution in [0.1, 0.15) is 22.3 Å². The molecule has 6 heteroatoms. The summed E-state index contributed by atoms with van der Waals surface area (Å²) in [5.74, 6) is 1.18. The number of hydrogen-bond donors (Lipinski definition) is 2. The van der Waals surface area contributed by atoms with Gasteiger partial charge in [-0.25, -0.2) is 0 Å². The van der Waals surface area contributed by atoms with E-state index in [4.69, 9.17) is 11.6 Å². The standard InChI is InChI=1S/C20H22ClN5/c1-13-10-14(2)19(15(3)11-13)24-18-12-23-26-20(25-18)22-9-8-16-4-6-17(21)7-5-16/h4-7,10-12H,8-9H2,1-3H3,(H2,22,24,25,26). The molecule has 0 fully saturated rings. The van der Waals surface area contributed by atoms with Gasteiger partial charge in [0, 0.05) is 17.3 Å². The van der Waals surface area contributed by atoms with Crippen LogP contribution >= 0.6 is 11.6 Å². The zero-order valence-corrected chi connectivity index (χ0v) is 15.9. The van der Waals surface area contributed by atoms with E-state index < -0.39 is 0 Å². The first-order valence-corrected chi connectivity index (χ1v) is 8.92. The monoisotopic (exact) mass is 367 g/mol. The van der Waals surface area contributed by atoms with Gasteiger partial charge < -0.3 is 10.6 Å². The molecule has 134 valence electrons. The smallest absolute Gasteiger partial charge is 0.244 e. The summed E-state index contributed by atoms with van der Waals surface area (Å²) in [4.78, 5) is 4.50. The summed E-state index contributed by atoms with van der Waals surface area (Å²) in [5.41, 5.74) is 5.87. The van der Waals surface area contributed by atoms with Crippen LogP contribution in [0.5, 0.6) is 0 Å². The third kappa shape index (κ3) is 4.70. The van der Waals surface area contributed by atoms with Gasteiger partial charge in [0.05, 0.1) is 6.20 Å². The summed E-state index contributed by atoms with van der Waals surface area (Å²) in [6, 6.07) is 12.1. The van der Waals surface area contributed by atoms with Crippen molar-refractivity contribution in [2.24, 2.45) is 0 Å². The number of anilines is 3. The molecule has 5 nitrogen and oxygen atoms in total. The SMILES string of the molecule is Cc1cc(C)c(Nc2cnnc(NCCc3ccc(Cl)cc3)n2)c(C)c1. The maximum absolute atomic E-state index is 5.91. The predicted molar refractivity (Wildman–Crippen MR) is 107 cm³/mol. The topological polar surface area (TPSA) is 62.7 Å². The van der Waals surface area contributed by atoms with Crippen LogP contribution in [-0.2, 0) is 6.42 Å². The number of aryl methyl sites for hydroxylation is 3. The zero-order valence-electron chi connectivity index (χ0n) is 15.2. The summed E-state index contributed by atoms with van der Waals surface area (Å²) >= 11 is 5.91. The molecular weight excluding hydrogens is 346 g/mol. The van der Waals surface area contributed by atoms with E-state index >= 15 is 0 Å². The van der Waals surface area contributed by atoms with Gasteiger partial charge in [-0.2, -0.15) is 10.1 Å². The molecule has 3 rings (SSSR count). The first-order valence-electron chi connectivity index (χ1n) is 8.54. The van der Waals surface area contributed by atoms with Gasteiger partial charge in [-0.15, -0.1) is 5.10 Å². The molecule has 2 N–H and O–H groups in total. The van der Waals surface area contributed by atoms with E-state index in [1.807, 2.05) is 24.3 Å². The molecule has 0 spiro atoms. The highest BCUT2D eigenvalue weighted by Gasteiger charge is 2.07. The average molecular weight is 368 g/mol. The van der Waals surface area contributed by atoms with Crippen LogP contribution in [0, 0.1) is 20.8 Å². The summed E-state index contributed by atoms with van der Waals surface area (Å²) in [5, 5.41) is 15.4. The second kappa shape index (κ2) is 8.15. The van der Waals surface area contributed by atoms with Crippen LogP contribution in [0.15, 0.2) is 42.6 Å². The molecule has 0 atom stereocenters. The number of benzene rings is 2. The van der Waals surface area contributed by atoms with E-state index in [-0.39, 0.29) is 0 Å². The Kier molecular flexibility index (Phi) is 5.68. The number of nitrogens with one attached hydrogen (secondary N) is 2. The second-order valence-corrected chi connectivity index (χ2v) is 6.80. The Balaban J connectivity index is 1.64. The lowest BCUT2D eigenvalue weighted by molar-refractivity contribution is 0.928. The van der Waals surface area contributed by atoms with Crippen molar-refractivity contribution in [1.82, 2.24) is 15.2 Å². The largest absolute Gasteiger partial charge is 0.353 e. The van der Waals surface area contributed by atoms with Crippen molar-refractivity contribution in [3.05, 3.63) is 69.9 Å². The highest BCUT2D eigenvalue weighted by molar-refractivity contribution is 6.30. The fourth-order valence-corrected chi connectivity index (χ4v) is 3.04. The first-order chi connectivity index (χ1) is 12.5. The highest BCUT2D eigenvalue weighted by atomic mass is 35.5. The van der Waals surface area contributed by atoms with Crippen molar-refractivity contribution in [1.29, 1.82) is 0 Å². The first kappa shape index (κ1) is 18.1. The molecule has 0 unspecified atom stereocenters. The van der Waals surface area contributed by atoms with Crippen LogP contribution in [0.3, 0.4) is 0 Å². The van der Waals surface area contributed by atoms with Crippen LogP contribution in [-0.4, -0.2) is 21.7 Å². The molecule has 2 aromatic carbocycles. The minimum atomic E-state index is 0.506. The molecule has 0 saturated carbocycles. The van der Waals surface area contributed by atoms with Crippen LogP contribution < -0.4 is 10.6 Å². The Morgan fingerprint density at radius 2 is 1.69 bits per heavy atom. The van der Waals surface area contributed by atoms with E-state index in [0.29, 0.717) is 11.8 Å². The number of aromatic nitrogens is 3. The number of nitrogens with zero attached hydrogens (tertiary/aromatic N) is 3. The van der Waals surface area contributed by atoms with Crippen molar-refractivity contribution in [3.63, 3.8) is 0 Å². The van der Waals surface area contributed by atoms with Gasteiger partial charge in [-0.1, -0.05) is 41.4 Å². The Morgan fingerprint density at radius 1 is 1.00 bits per heavy atom. The molecular formula is C20H22ClN5. The Morgan fingerprint density at radius 3 is 2.38 bits per heavy atom. The van der Waals surface area contributed by atoms with Gasteiger partial charge in [-0.3, -0.25) is 0 Å². The Hall–Kier alpha value is -2.66. The molecule has 0 saturated heterocycles. The normalized spacial score (nSPS) is 10.6. The van der Waals surface area contributed by atoms with Crippen molar-refractivity contribution < 1.29 is 0 Å². The fraction of sp³-hybridized carbons (Fsp3) is 0.250. The predicted octanol–water partition coefficient (Wildman–Crippen LogP) is 4.85. The van der Waals surface area contributed by atoms with E-state index in [9.17, 15) is 0 Å². The van der Waals surface area contributed by atoms with Gasteiger partial charge in [0.25, 0.3) is 0 Å². The summed E-state index contributed by atoms with van der Waals surface area (Å²) in [6.45, 7) is 6.98. The molecule has 0 aliphatic rings. The fourth-order valence-electron chi connectivity index (χ4n) is 2.91. The lowest BCUT2D eigenvalue weighted by atomic mass is 10.1. The van der Waals surface area contributed by atoms with Crippen molar-refractivity contribution in [2.45, 2.75) is 27.2 Å². The average Bonchev–Trinajstić information content (AvgIpc) is 2.60. The van der Waals surface area contributed by atoms with Gasteiger partial charge >= 0.3 is 0 Å². The second-order valence-electron chi connectivity index (χ2n) is 6.37. The quantitative estimate of drug-likeness (QED) is 0.652. The van der Waals surface area contributed by atoms with E-state index in [1.165, 1.54) is 22.3 Å². The summed E-state index contributed by atoms with van der Waals surface area (Å²) < 4.78 is 0. The third-order valence-corrected chi connectivity index (χ3v) is 4.35. The molecule has 0 radical (unpaired) electrons. The van der Waals surface area contributed by atoms with Crippen LogP contribution in [0.4, 0.5) is 17.5 Å². The molecule has 1 aromatic heterocycles. The molecule has 0 amide bonds. The highest BCUT2D eigenvalue weighted by Crippen LogP contribution is 2.25. The molecule has 0 bridgehead atoms. The number of hydrogen-bond acceptors (Lipinski definition) is 5. The van der Waals surface area contributed by atoms with Crippen molar-refractivity contribution >= 4 is 29.1 Å². The van der Waals surface area contributed by atoms with Crippen molar-refractivity contribution in [2.75, 3.05) is 17.2 Å². The van der Waals surface area contributed by atoms with Gasteiger partial charge in [-0.05, 0) is 56.0 Å². The summed E-state index contributed by atoms with van der Waals surface area (Å²) in [7, 11) is 0. The van der Waals surface area contributed by atoms with Gasteiger partial charge in [0.2, 0.25) is 5.95 Å². The number of rotatable bonds is 6. The van der Waals surface area contributed by atoms with E-state index in [0.717, 1.165) is 23.7 Å². The maximum Gasteiger partial charge on any atom is 0.244 e. The Labute approximate surface area is 158 Å². The lowest BCUT2D eigenvalue weighted by Crippen LogP contribution is -2.10. The third-order valence-electron chi connectivity index (χ3n) is 4.10. The minimum Gasteiger partial charge on any atom is -0.353 e. The van der Waals surface area contributed by atoms with E-state index in [1.54, 1.807) is 6.20 Å². The molecule has 0 aliphatic carbocycles. The molecule has 0 aliphatic heterocycles. The van der Waals surface area contributed by atoms with E-state index in [2.05, 4.69) is 58.7 Å². The molecule has 3 aromatic rings.